The average molecular weight is 281 g/mol. The van der Waals surface area contributed by atoms with Crippen LogP contribution < -0.4 is 0 Å². The van der Waals surface area contributed by atoms with Gasteiger partial charge in [0.05, 0.1) is 17.6 Å². The van der Waals surface area contributed by atoms with Crippen LogP contribution in [0, 0.1) is 10.1 Å². The molecule has 0 spiro atoms. The van der Waals surface area contributed by atoms with Gasteiger partial charge in [0.25, 0.3) is 5.69 Å². The smallest absolute Gasteiger partial charge is 0.373 e. The zero-order valence-electron chi connectivity index (χ0n) is 11.3. The van der Waals surface area contributed by atoms with Crippen molar-refractivity contribution in [1.82, 2.24) is 0 Å². The molecule has 0 amide bonds. The van der Waals surface area contributed by atoms with E-state index in [4.69, 9.17) is 9.59 Å². The normalized spacial score (nSPS) is 8.90. The van der Waals surface area contributed by atoms with Gasteiger partial charge in [0.15, 0.2) is 0 Å². The molecule has 1 aromatic carbocycles. The van der Waals surface area contributed by atoms with Gasteiger partial charge in [-0.3, -0.25) is 10.1 Å². The van der Waals surface area contributed by atoms with E-state index < -0.39 is 10.9 Å². The molecule has 0 unspecified atom stereocenters. The molecule has 1 rings (SSSR count). The maximum Gasteiger partial charge on any atom is 0.373 e. The Hall–Kier alpha value is -2.53. The number of esters is 1. The molecule has 0 aliphatic heterocycles. The fraction of sp³-hybridized carbons (Fsp3) is 0.385. The summed E-state index contributed by atoms with van der Waals surface area (Å²) < 4.78 is 4.59. The SMILES string of the molecule is CCCCc1cc(C(=O)OC)ccc1[N+](=O)[O-].O=C=O. The number of methoxy groups -OCH3 is 1. The Morgan fingerprint density at radius 3 is 2.45 bits per heavy atom. The zero-order chi connectivity index (χ0) is 15.5. The van der Waals surface area contributed by atoms with Crippen LogP contribution in [0.5, 0.6) is 0 Å². The average Bonchev–Trinajstić information content (AvgIpc) is 2.44. The lowest BCUT2D eigenvalue weighted by molar-refractivity contribution is -0.385. The van der Waals surface area contributed by atoms with Crippen molar-refractivity contribution in [2.24, 2.45) is 0 Å². The molecule has 1 aromatic rings. The van der Waals surface area contributed by atoms with E-state index in [1.54, 1.807) is 6.07 Å². The molecule has 7 nitrogen and oxygen atoms in total. The van der Waals surface area contributed by atoms with Crippen LogP contribution in [0.2, 0.25) is 0 Å². The quantitative estimate of drug-likeness (QED) is 0.465. The summed E-state index contributed by atoms with van der Waals surface area (Å²) in [6.07, 6.45) is 2.64. The van der Waals surface area contributed by atoms with Gasteiger partial charge < -0.3 is 4.74 Å². The van der Waals surface area contributed by atoms with E-state index >= 15 is 0 Å². The highest BCUT2D eigenvalue weighted by atomic mass is 16.6. The van der Waals surface area contributed by atoms with Crippen molar-refractivity contribution in [2.75, 3.05) is 7.11 Å². The summed E-state index contributed by atoms with van der Waals surface area (Å²) in [4.78, 5) is 38.0. The molecule has 0 heterocycles. The maximum absolute atomic E-state index is 11.3. The molecule has 7 heteroatoms. The molecule has 20 heavy (non-hydrogen) atoms. The van der Waals surface area contributed by atoms with E-state index in [0.29, 0.717) is 17.5 Å². The fourth-order valence-electron chi connectivity index (χ4n) is 1.58. The van der Waals surface area contributed by atoms with Gasteiger partial charge in [-0.1, -0.05) is 13.3 Å². The van der Waals surface area contributed by atoms with Crippen LogP contribution in [0.1, 0.15) is 35.7 Å². The van der Waals surface area contributed by atoms with Gasteiger partial charge in [-0.15, -0.1) is 0 Å². The summed E-state index contributed by atoms with van der Waals surface area (Å²) >= 11 is 0. The summed E-state index contributed by atoms with van der Waals surface area (Å²) in [7, 11) is 1.29. The van der Waals surface area contributed by atoms with Crippen molar-refractivity contribution in [3.05, 3.63) is 39.4 Å². The van der Waals surface area contributed by atoms with Crippen LogP contribution in [0.4, 0.5) is 5.69 Å². The first-order valence-corrected chi connectivity index (χ1v) is 5.86. The van der Waals surface area contributed by atoms with Gasteiger partial charge in [-0.2, -0.15) is 9.59 Å². The number of benzene rings is 1. The third-order valence-electron chi connectivity index (χ3n) is 2.50. The van der Waals surface area contributed by atoms with Gasteiger partial charge in [-0.25, -0.2) is 4.79 Å². The van der Waals surface area contributed by atoms with E-state index in [1.165, 1.54) is 19.2 Å². The Balaban J connectivity index is 0.00000110. The summed E-state index contributed by atoms with van der Waals surface area (Å²) in [6, 6.07) is 4.32. The molecule has 0 saturated carbocycles. The van der Waals surface area contributed by atoms with Gasteiger partial charge in [0, 0.05) is 11.6 Å². The fourth-order valence-corrected chi connectivity index (χ4v) is 1.58. The lowest BCUT2D eigenvalue weighted by Crippen LogP contribution is -2.04. The summed E-state index contributed by atoms with van der Waals surface area (Å²) in [5.41, 5.74) is 0.995. The number of carbonyl (C=O) groups is 1. The van der Waals surface area contributed by atoms with Crippen LogP contribution >= 0.6 is 0 Å². The molecule has 0 radical (unpaired) electrons. The third-order valence-corrected chi connectivity index (χ3v) is 2.50. The highest BCUT2D eigenvalue weighted by Gasteiger charge is 2.16. The molecule has 0 aliphatic rings. The lowest BCUT2D eigenvalue weighted by Gasteiger charge is -2.04. The predicted octanol–water partition coefficient (Wildman–Crippen LogP) is 2.14. The number of nitro groups is 1. The molecule has 0 saturated heterocycles. The first-order valence-electron chi connectivity index (χ1n) is 5.86. The molecule has 0 atom stereocenters. The minimum atomic E-state index is -0.474. The highest BCUT2D eigenvalue weighted by Crippen LogP contribution is 2.22. The van der Waals surface area contributed by atoms with Crippen LogP contribution in [-0.4, -0.2) is 24.2 Å². The number of rotatable bonds is 5. The molecule has 0 fully saturated rings. The highest BCUT2D eigenvalue weighted by molar-refractivity contribution is 5.89. The summed E-state index contributed by atoms with van der Waals surface area (Å²) in [6.45, 7) is 2.01. The van der Waals surface area contributed by atoms with E-state index in [1.807, 2.05) is 6.92 Å². The van der Waals surface area contributed by atoms with Gasteiger partial charge in [0.1, 0.15) is 0 Å². The molecule has 0 aromatic heterocycles. The van der Waals surface area contributed by atoms with Crippen molar-refractivity contribution in [3.63, 3.8) is 0 Å². The van der Waals surface area contributed by atoms with Crippen LogP contribution in [0.3, 0.4) is 0 Å². The Morgan fingerprint density at radius 1 is 1.40 bits per heavy atom. The van der Waals surface area contributed by atoms with Gasteiger partial charge in [-0.05, 0) is 25.0 Å². The summed E-state index contributed by atoms with van der Waals surface area (Å²) in [5.74, 6) is -0.474. The predicted molar refractivity (Wildman–Crippen MR) is 68.1 cm³/mol. The lowest BCUT2D eigenvalue weighted by atomic mass is 10.0. The molecule has 108 valence electrons. The van der Waals surface area contributed by atoms with Crippen molar-refractivity contribution in [3.8, 4) is 0 Å². The standard InChI is InChI=1S/C12H15NO4.CO2/c1-3-4-5-9-8-10(12(14)17-2)6-7-11(9)13(15)16;2-1-3/h6-8H,3-5H2,1-2H3;. The topological polar surface area (TPSA) is 104 Å². The number of nitrogens with zero attached hydrogens (tertiary/aromatic N) is 1. The van der Waals surface area contributed by atoms with Crippen LogP contribution in [0.15, 0.2) is 18.2 Å². The molecular weight excluding hydrogens is 266 g/mol. The van der Waals surface area contributed by atoms with E-state index in [-0.39, 0.29) is 11.8 Å². The number of carbonyl (C=O) groups excluding carboxylic acids is 3. The van der Waals surface area contributed by atoms with Crippen molar-refractivity contribution in [2.45, 2.75) is 26.2 Å². The Bertz CT molecular complexity index is 506. The Labute approximate surface area is 115 Å². The largest absolute Gasteiger partial charge is 0.465 e. The second-order valence-corrected chi connectivity index (χ2v) is 3.78. The number of unbranched alkanes of at least 4 members (excludes halogenated alkanes) is 1. The minimum Gasteiger partial charge on any atom is -0.465 e. The molecule has 0 bridgehead atoms. The van der Waals surface area contributed by atoms with E-state index in [0.717, 1.165) is 12.8 Å². The van der Waals surface area contributed by atoms with E-state index in [9.17, 15) is 14.9 Å². The Morgan fingerprint density at radius 2 is 2.00 bits per heavy atom. The molecular formula is C13H15NO6. The zero-order valence-corrected chi connectivity index (χ0v) is 11.3. The second kappa shape index (κ2) is 9.41. The third kappa shape index (κ3) is 5.41. The number of aryl methyl sites for hydroxylation is 1. The summed E-state index contributed by atoms with van der Waals surface area (Å²) in [5, 5.41) is 10.8. The van der Waals surface area contributed by atoms with Crippen molar-refractivity contribution >= 4 is 17.8 Å². The molecule has 0 N–H and O–H groups in total. The molecule has 0 aliphatic carbocycles. The van der Waals surface area contributed by atoms with Crippen molar-refractivity contribution < 1.29 is 24.0 Å². The van der Waals surface area contributed by atoms with Crippen LogP contribution in [-0.2, 0) is 20.7 Å². The number of hydrogen-bond donors (Lipinski definition) is 0. The van der Waals surface area contributed by atoms with Crippen LogP contribution in [0.25, 0.3) is 0 Å². The first kappa shape index (κ1) is 17.5. The first-order chi connectivity index (χ1) is 9.51. The number of nitro benzene ring substituents is 1. The minimum absolute atomic E-state index is 0.0612. The maximum atomic E-state index is 11.3. The second-order valence-electron chi connectivity index (χ2n) is 3.78. The van der Waals surface area contributed by atoms with Crippen molar-refractivity contribution in [1.29, 1.82) is 0 Å². The van der Waals surface area contributed by atoms with Gasteiger partial charge >= 0.3 is 12.1 Å². The number of hydrogen-bond acceptors (Lipinski definition) is 6. The van der Waals surface area contributed by atoms with E-state index in [2.05, 4.69) is 4.74 Å². The number of ether oxygens (including phenoxy) is 1. The Kier molecular flexibility index (Phi) is 8.22. The monoisotopic (exact) mass is 281 g/mol. The van der Waals surface area contributed by atoms with Gasteiger partial charge in [0.2, 0.25) is 0 Å².